The topological polar surface area (TPSA) is 162 Å². The standard InChI is InChI=1S/C27H29NO9/c1-12-25(36-26-24(34)23(33)21(31)17(11-29)35-26)22(32)20-15(28-12)8-7-14-19(20)16-9-10-18(30)27(14,37-16)13-5-3-2-4-6-13/h2-8,16-18,21,23-24,26,29-31,33-34H,9-11H2,1H3,(H,28,32)/t16-,17+,18-,21+,23-,24+,26-,27+/m0/s1. The maximum absolute atomic E-state index is 13.9. The minimum absolute atomic E-state index is 0.124. The molecule has 0 amide bonds. The summed E-state index contributed by atoms with van der Waals surface area (Å²) in [7, 11) is 0. The van der Waals surface area contributed by atoms with Gasteiger partial charge in [-0.3, -0.25) is 4.79 Å². The molecule has 8 atom stereocenters. The fraction of sp³-hybridized carbons (Fsp3) is 0.444. The summed E-state index contributed by atoms with van der Waals surface area (Å²) in [5.74, 6) is -0.124. The van der Waals surface area contributed by atoms with E-state index < -0.39 is 60.6 Å². The molecule has 0 spiro atoms. The number of benzene rings is 2. The molecule has 2 aromatic carbocycles. The molecule has 3 aliphatic heterocycles. The highest BCUT2D eigenvalue weighted by molar-refractivity contribution is 5.87. The molecular formula is C27H29NO9. The second kappa shape index (κ2) is 8.88. The van der Waals surface area contributed by atoms with Crippen LogP contribution in [0.4, 0.5) is 0 Å². The number of fused-ring (bicyclic) bond motifs is 7. The van der Waals surface area contributed by atoms with E-state index in [1.54, 1.807) is 13.0 Å². The van der Waals surface area contributed by atoms with Gasteiger partial charge in [0.15, 0.2) is 5.75 Å². The van der Waals surface area contributed by atoms with E-state index in [1.807, 2.05) is 36.4 Å². The summed E-state index contributed by atoms with van der Waals surface area (Å²) >= 11 is 0. The monoisotopic (exact) mass is 511 g/mol. The lowest BCUT2D eigenvalue weighted by Crippen LogP contribution is -2.60. The maximum Gasteiger partial charge on any atom is 0.231 e. The Labute approximate surface area is 211 Å². The van der Waals surface area contributed by atoms with E-state index in [4.69, 9.17) is 14.2 Å². The number of hydrogen-bond donors (Lipinski definition) is 6. The molecule has 3 aromatic rings. The number of rotatable bonds is 4. The maximum atomic E-state index is 13.9. The summed E-state index contributed by atoms with van der Waals surface area (Å²) in [6.45, 7) is 1.02. The minimum Gasteiger partial charge on any atom is -0.456 e. The molecule has 2 saturated heterocycles. The highest BCUT2D eigenvalue weighted by atomic mass is 16.7. The quantitative estimate of drug-likeness (QED) is 0.293. The first-order valence-corrected chi connectivity index (χ1v) is 12.4. The number of pyridine rings is 1. The zero-order valence-corrected chi connectivity index (χ0v) is 20.1. The van der Waals surface area contributed by atoms with Gasteiger partial charge in [-0.15, -0.1) is 0 Å². The van der Waals surface area contributed by atoms with E-state index in [1.165, 1.54) is 0 Å². The van der Waals surface area contributed by atoms with Crippen LogP contribution >= 0.6 is 0 Å². The number of aryl methyl sites for hydroxylation is 1. The molecule has 2 bridgehead atoms. The Morgan fingerprint density at radius 3 is 2.51 bits per heavy atom. The van der Waals surface area contributed by atoms with Gasteiger partial charge < -0.3 is 44.7 Å². The Balaban J connectivity index is 1.50. The number of nitrogens with one attached hydrogen (secondary N) is 1. The van der Waals surface area contributed by atoms with Gasteiger partial charge in [-0.25, -0.2) is 0 Å². The lowest BCUT2D eigenvalue weighted by molar-refractivity contribution is -0.277. The Morgan fingerprint density at radius 2 is 1.78 bits per heavy atom. The molecule has 2 fully saturated rings. The molecule has 6 N–H and O–H groups in total. The second-order valence-corrected chi connectivity index (χ2v) is 9.97. The molecule has 0 unspecified atom stereocenters. The highest BCUT2D eigenvalue weighted by Gasteiger charge is 2.55. The Hall–Kier alpha value is -2.83. The predicted octanol–water partition coefficient (Wildman–Crippen LogP) is 0.485. The number of aromatic amines is 1. The molecule has 10 nitrogen and oxygen atoms in total. The van der Waals surface area contributed by atoms with Gasteiger partial charge in [0.2, 0.25) is 11.7 Å². The Morgan fingerprint density at radius 1 is 1.03 bits per heavy atom. The zero-order chi connectivity index (χ0) is 26.1. The average Bonchev–Trinajstić information content (AvgIpc) is 3.19. The van der Waals surface area contributed by atoms with Crippen LogP contribution in [0.3, 0.4) is 0 Å². The molecule has 4 heterocycles. The van der Waals surface area contributed by atoms with Crippen LogP contribution in [0.15, 0.2) is 47.3 Å². The van der Waals surface area contributed by atoms with Crippen molar-refractivity contribution in [2.24, 2.45) is 0 Å². The summed E-state index contributed by atoms with van der Waals surface area (Å²) in [5.41, 5.74) is 1.56. The molecule has 0 saturated carbocycles. The van der Waals surface area contributed by atoms with E-state index in [2.05, 4.69) is 4.98 Å². The van der Waals surface area contributed by atoms with Gasteiger partial charge >= 0.3 is 0 Å². The van der Waals surface area contributed by atoms with Crippen LogP contribution in [0.5, 0.6) is 5.75 Å². The average molecular weight is 512 g/mol. The van der Waals surface area contributed by atoms with Gasteiger partial charge in [-0.05, 0) is 37.0 Å². The van der Waals surface area contributed by atoms with Crippen molar-refractivity contribution in [1.82, 2.24) is 4.98 Å². The van der Waals surface area contributed by atoms with Crippen molar-refractivity contribution in [3.63, 3.8) is 0 Å². The number of ether oxygens (including phenoxy) is 3. The molecule has 0 radical (unpaired) electrons. The van der Waals surface area contributed by atoms with Crippen molar-refractivity contribution in [3.05, 3.63) is 75.1 Å². The third-order valence-corrected chi connectivity index (χ3v) is 7.85. The fourth-order valence-corrected chi connectivity index (χ4v) is 6.01. The molecule has 1 aromatic heterocycles. The van der Waals surface area contributed by atoms with Crippen LogP contribution in [0.25, 0.3) is 10.9 Å². The Bertz CT molecular complexity index is 1390. The van der Waals surface area contributed by atoms with Gasteiger partial charge in [-0.1, -0.05) is 36.4 Å². The Kier molecular flexibility index (Phi) is 5.88. The van der Waals surface area contributed by atoms with Crippen LogP contribution in [0.2, 0.25) is 0 Å². The predicted molar refractivity (Wildman–Crippen MR) is 130 cm³/mol. The fourth-order valence-electron chi connectivity index (χ4n) is 6.01. The van der Waals surface area contributed by atoms with E-state index in [9.17, 15) is 30.3 Å². The molecule has 196 valence electrons. The van der Waals surface area contributed by atoms with Crippen LogP contribution < -0.4 is 10.2 Å². The first-order chi connectivity index (χ1) is 17.8. The summed E-state index contributed by atoms with van der Waals surface area (Å²) in [4.78, 5) is 17.1. The van der Waals surface area contributed by atoms with Gasteiger partial charge in [0.05, 0.1) is 35.4 Å². The van der Waals surface area contributed by atoms with Crippen molar-refractivity contribution >= 4 is 10.9 Å². The van der Waals surface area contributed by atoms with Crippen molar-refractivity contribution in [2.45, 2.75) is 68.3 Å². The van der Waals surface area contributed by atoms with Crippen LogP contribution in [-0.4, -0.2) is 73.9 Å². The normalized spacial score (nSPS) is 34.9. The number of aromatic nitrogens is 1. The molecule has 10 heteroatoms. The number of aliphatic hydroxyl groups is 5. The van der Waals surface area contributed by atoms with Crippen LogP contribution in [-0.2, 0) is 15.1 Å². The van der Waals surface area contributed by atoms with Crippen molar-refractivity contribution in [1.29, 1.82) is 0 Å². The van der Waals surface area contributed by atoms with Crippen molar-refractivity contribution in [2.75, 3.05) is 6.61 Å². The summed E-state index contributed by atoms with van der Waals surface area (Å²) < 4.78 is 17.8. The van der Waals surface area contributed by atoms with E-state index in [-0.39, 0.29) is 5.75 Å². The molecule has 6 rings (SSSR count). The summed E-state index contributed by atoms with van der Waals surface area (Å²) in [6.07, 6.45) is -7.73. The van der Waals surface area contributed by atoms with Gasteiger partial charge in [-0.2, -0.15) is 0 Å². The van der Waals surface area contributed by atoms with Gasteiger partial charge in [0.25, 0.3) is 0 Å². The first kappa shape index (κ1) is 24.5. The minimum atomic E-state index is -1.66. The third kappa shape index (κ3) is 3.48. The lowest BCUT2D eigenvalue weighted by atomic mass is 9.80. The molecule has 37 heavy (non-hydrogen) atoms. The van der Waals surface area contributed by atoms with Crippen molar-refractivity contribution < 1.29 is 39.7 Å². The summed E-state index contributed by atoms with van der Waals surface area (Å²) in [5, 5.41) is 51.7. The molecule has 0 aliphatic carbocycles. The van der Waals surface area contributed by atoms with Gasteiger partial charge in [0.1, 0.15) is 30.0 Å². The second-order valence-electron chi connectivity index (χ2n) is 9.97. The number of aliphatic hydroxyl groups excluding tert-OH is 5. The molecular weight excluding hydrogens is 482 g/mol. The lowest BCUT2D eigenvalue weighted by Gasteiger charge is -2.39. The number of hydrogen-bond acceptors (Lipinski definition) is 9. The van der Waals surface area contributed by atoms with Gasteiger partial charge in [0, 0.05) is 5.56 Å². The first-order valence-electron chi connectivity index (χ1n) is 12.4. The molecule has 3 aliphatic rings. The third-order valence-electron chi connectivity index (χ3n) is 7.85. The smallest absolute Gasteiger partial charge is 0.231 e. The SMILES string of the molecule is Cc1[nH]c2ccc3c(c2c(=O)c1O[C@@H]1O[C@H](CO)[C@@H](O)[C@H](O)[C@H]1O)[C@@H]1CC[C@H](O)[C@]3(c2ccccc2)O1. The van der Waals surface area contributed by atoms with E-state index in [0.717, 1.165) is 5.56 Å². The van der Waals surface area contributed by atoms with E-state index >= 15 is 0 Å². The zero-order valence-electron chi connectivity index (χ0n) is 20.1. The van der Waals surface area contributed by atoms with Crippen molar-refractivity contribution in [3.8, 4) is 5.75 Å². The van der Waals surface area contributed by atoms with Crippen LogP contribution in [0.1, 0.15) is 41.3 Å². The summed E-state index contributed by atoms with van der Waals surface area (Å²) in [6, 6.07) is 13.1. The highest BCUT2D eigenvalue weighted by Crippen LogP contribution is 2.56. The van der Waals surface area contributed by atoms with Crippen LogP contribution in [0, 0.1) is 6.92 Å². The van der Waals surface area contributed by atoms with E-state index in [0.29, 0.717) is 40.6 Å². The largest absolute Gasteiger partial charge is 0.456 e. The number of H-pyrrole nitrogens is 1.